The van der Waals surface area contributed by atoms with E-state index in [1.54, 1.807) is 0 Å². The molecule has 1 saturated heterocycles. The van der Waals surface area contributed by atoms with Crippen molar-refractivity contribution in [2.24, 2.45) is 0 Å². The fourth-order valence-corrected chi connectivity index (χ4v) is 2.06. The molecule has 1 aliphatic heterocycles. The van der Waals surface area contributed by atoms with Crippen molar-refractivity contribution in [1.29, 1.82) is 0 Å². The lowest BCUT2D eigenvalue weighted by Crippen LogP contribution is -2.03. The standard InChI is InChI=1S/C15H30O3/c1-4-10-16-12-6-2-8-14-18-15-9-3-7-13-17-11-5-1/h1-15H2. The van der Waals surface area contributed by atoms with Crippen LogP contribution in [0.15, 0.2) is 0 Å². The summed E-state index contributed by atoms with van der Waals surface area (Å²) >= 11 is 0. The fraction of sp³-hybridized carbons (Fsp3) is 1.00. The zero-order valence-corrected chi connectivity index (χ0v) is 11.8. The van der Waals surface area contributed by atoms with Crippen LogP contribution in [0.2, 0.25) is 0 Å². The van der Waals surface area contributed by atoms with Crippen molar-refractivity contribution in [2.45, 2.75) is 57.8 Å². The van der Waals surface area contributed by atoms with Crippen molar-refractivity contribution in [3.05, 3.63) is 0 Å². The molecule has 3 nitrogen and oxygen atoms in total. The van der Waals surface area contributed by atoms with Crippen molar-refractivity contribution >= 4 is 0 Å². The van der Waals surface area contributed by atoms with E-state index in [-0.39, 0.29) is 0 Å². The first-order valence-electron chi connectivity index (χ1n) is 7.73. The quantitative estimate of drug-likeness (QED) is 0.665. The Morgan fingerprint density at radius 1 is 0.278 bits per heavy atom. The Kier molecular flexibility index (Phi) is 11.8. The Hall–Kier alpha value is -0.120. The second kappa shape index (κ2) is 13.3. The summed E-state index contributed by atoms with van der Waals surface area (Å²) in [6, 6.07) is 0. The molecule has 1 heterocycles. The third kappa shape index (κ3) is 11.0. The van der Waals surface area contributed by atoms with E-state index >= 15 is 0 Å². The number of rotatable bonds is 0. The minimum Gasteiger partial charge on any atom is -0.381 e. The highest BCUT2D eigenvalue weighted by Gasteiger charge is 1.96. The highest BCUT2D eigenvalue weighted by Crippen LogP contribution is 2.03. The molecule has 0 aromatic carbocycles. The Morgan fingerprint density at radius 3 is 0.722 bits per heavy atom. The molecule has 0 saturated carbocycles. The van der Waals surface area contributed by atoms with E-state index in [9.17, 15) is 0 Å². The first kappa shape index (κ1) is 15.9. The van der Waals surface area contributed by atoms with Crippen molar-refractivity contribution in [2.75, 3.05) is 39.6 Å². The van der Waals surface area contributed by atoms with E-state index in [4.69, 9.17) is 14.2 Å². The van der Waals surface area contributed by atoms with Crippen LogP contribution in [0.4, 0.5) is 0 Å². The Morgan fingerprint density at radius 2 is 0.500 bits per heavy atom. The van der Waals surface area contributed by atoms with Gasteiger partial charge in [-0.1, -0.05) is 0 Å². The monoisotopic (exact) mass is 258 g/mol. The molecule has 0 N–H and O–H groups in total. The van der Waals surface area contributed by atoms with Gasteiger partial charge >= 0.3 is 0 Å². The molecule has 0 radical (unpaired) electrons. The summed E-state index contributed by atoms with van der Waals surface area (Å²) < 4.78 is 16.8. The zero-order valence-electron chi connectivity index (χ0n) is 11.8. The summed E-state index contributed by atoms with van der Waals surface area (Å²) in [6.45, 7) is 5.48. The van der Waals surface area contributed by atoms with E-state index in [0.29, 0.717) is 0 Å². The maximum absolute atomic E-state index is 5.60. The van der Waals surface area contributed by atoms with Crippen molar-refractivity contribution in [3.8, 4) is 0 Å². The van der Waals surface area contributed by atoms with Crippen LogP contribution in [0.5, 0.6) is 0 Å². The minimum atomic E-state index is 0.913. The van der Waals surface area contributed by atoms with Gasteiger partial charge < -0.3 is 14.2 Å². The topological polar surface area (TPSA) is 27.7 Å². The van der Waals surface area contributed by atoms with Gasteiger partial charge in [0, 0.05) is 39.6 Å². The SMILES string of the molecule is C1CCOCCCCCOCCCCCOCC1. The molecule has 0 atom stereocenters. The van der Waals surface area contributed by atoms with Gasteiger partial charge in [0.15, 0.2) is 0 Å². The van der Waals surface area contributed by atoms with Gasteiger partial charge in [-0.25, -0.2) is 0 Å². The second-order valence-electron chi connectivity index (χ2n) is 5.02. The molecule has 108 valence electrons. The van der Waals surface area contributed by atoms with Crippen LogP contribution in [0, 0.1) is 0 Å². The van der Waals surface area contributed by atoms with Crippen molar-refractivity contribution in [3.63, 3.8) is 0 Å². The van der Waals surface area contributed by atoms with Crippen LogP contribution in [0.3, 0.4) is 0 Å². The molecule has 18 heavy (non-hydrogen) atoms. The van der Waals surface area contributed by atoms with Crippen LogP contribution < -0.4 is 0 Å². The summed E-state index contributed by atoms with van der Waals surface area (Å²) in [4.78, 5) is 0. The third-order valence-electron chi connectivity index (χ3n) is 3.23. The van der Waals surface area contributed by atoms with Gasteiger partial charge in [0.1, 0.15) is 0 Å². The summed E-state index contributed by atoms with van der Waals surface area (Å²) in [5.41, 5.74) is 0. The zero-order chi connectivity index (χ0) is 12.7. The van der Waals surface area contributed by atoms with E-state index in [1.807, 2.05) is 0 Å². The second-order valence-corrected chi connectivity index (χ2v) is 5.02. The predicted molar refractivity (Wildman–Crippen MR) is 74.0 cm³/mol. The van der Waals surface area contributed by atoms with Gasteiger partial charge in [-0.15, -0.1) is 0 Å². The van der Waals surface area contributed by atoms with Gasteiger partial charge in [0.25, 0.3) is 0 Å². The molecule has 0 aromatic rings. The lowest BCUT2D eigenvalue weighted by atomic mass is 10.2. The summed E-state index contributed by atoms with van der Waals surface area (Å²) in [7, 11) is 0. The molecular formula is C15H30O3. The Bertz CT molecular complexity index is 86.8. The Labute approximate surface area is 112 Å². The fourth-order valence-electron chi connectivity index (χ4n) is 2.06. The van der Waals surface area contributed by atoms with Gasteiger partial charge in [0.2, 0.25) is 0 Å². The Balaban J connectivity index is 2.00. The first-order chi connectivity index (χ1) is 9.00. The maximum Gasteiger partial charge on any atom is 0.0466 e. The normalized spacial score (nSPS) is 24.0. The molecule has 0 aliphatic carbocycles. The average Bonchev–Trinajstić information content (AvgIpc) is 2.39. The van der Waals surface area contributed by atoms with E-state index in [0.717, 1.165) is 39.6 Å². The molecule has 1 fully saturated rings. The van der Waals surface area contributed by atoms with Crippen molar-refractivity contribution in [1.82, 2.24) is 0 Å². The lowest BCUT2D eigenvalue weighted by molar-refractivity contribution is 0.0970. The smallest absolute Gasteiger partial charge is 0.0466 e. The highest BCUT2D eigenvalue weighted by molar-refractivity contribution is 4.46. The largest absolute Gasteiger partial charge is 0.381 e. The number of hydrogen-bond donors (Lipinski definition) is 0. The van der Waals surface area contributed by atoms with Gasteiger partial charge in [-0.3, -0.25) is 0 Å². The molecule has 0 aromatic heterocycles. The predicted octanol–water partition coefficient (Wildman–Crippen LogP) is 3.56. The molecule has 0 unspecified atom stereocenters. The summed E-state index contributed by atoms with van der Waals surface area (Å²) in [6.07, 6.45) is 10.7. The van der Waals surface area contributed by atoms with Crippen LogP contribution in [-0.4, -0.2) is 39.6 Å². The van der Waals surface area contributed by atoms with Gasteiger partial charge in [-0.2, -0.15) is 0 Å². The van der Waals surface area contributed by atoms with Crippen LogP contribution in [0.25, 0.3) is 0 Å². The maximum atomic E-state index is 5.60. The first-order valence-corrected chi connectivity index (χ1v) is 7.73. The lowest BCUT2D eigenvalue weighted by Gasteiger charge is -2.08. The summed E-state index contributed by atoms with van der Waals surface area (Å²) in [5.74, 6) is 0. The van der Waals surface area contributed by atoms with E-state index in [2.05, 4.69) is 0 Å². The molecule has 0 amide bonds. The third-order valence-corrected chi connectivity index (χ3v) is 3.23. The van der Waals surface area contributed by atoms with E-state index in [1.165, 1.54) is 57.8 Å². The van der Waals surface area contributed by atoms with Gasteiger partial charge in [0.05, 0.1) is 0 Å². The molecule has 3 heteroatoms. The molecule has 1 aliphatic rings. The van der Waals surface area contributed by atoms with Crippen LogP contribution in [-0.2, 0) is 14.2 Å². The molecule has 1 rings (SSSR count). The number of hydrogen-bond acceptors (Lipinski definition) is 3. The number of ether oxygens (including phenoxy) is 3. The molecular weight excluding hydrogens is 228 g/mol. The van der Waals surface area contributed by atoms with Crippen molar-refractivity contribution < 1.29 is 14.2 Å². The van der Waals surface area contributed by atoms with Gasteiger partial charge in [-0.05, 0) is 57.8 Å². The van der Waals surface area contributed by atoms with Crippen LogP contribution >= 0.6 is 0 Å². The highest BCUT2D eigenvalue weighted by atomic mass is 16.5. The van der Waals surface area contributed by atoms with Crippen LogP contribution in [0.1, 0.15) is 57.8 Å². The minimum absolute atomic E-state index is 0.913. The van der Waals surface area contributed by atoms with E-state index < -0.39 is 0 Å². The summed E-state index contributed by atoms with van der Waals surface area (Å²) in [5, 5.41) is 0. The molecule has 0 spiro atoms. The molecule has 0 bridgehead atoms. The average molecular weight is 258 g/mol.